The van der Waals surface area contributed by atoms with Gasteiger partial charge in [-0.05, 0) is 48.5 Å². The standard InChI is InChI=1S/C14H9NO3/c16-9-15-12-5-1-10(2-6-12)14(18)11-3-7-13(17)8-4-11/h1-8,17H. The maximum absolute atomic E-state index is 12.0. The van der Waals surface area contributed by atoms with Crippen molar-refractivity contribution in [2.75, 3.05) is 0 Å². The molecule has 2 rings (SSSR count). The van der Waals surface area contributed by atoms with Gasteiger partial charge in [0.25, 0.3) is 0 Å². The number of rotatable bonds is 3. The number of aromatic hydroxyl groups is 1. The molecule has 0 aliphatic rings. The fourth-order valence-electron chi connectivity index (χ4n) is 1.52. The molecule has 0 bridgehead atoms. The zero-order valence-electron chi connectivity index (χ0n) is 9.33. The summed E-state index contributed by atoms with van der Waals surface area (Å²) in [7, 11) is 0. The van der Waals surface area contributed by atoms with E-state index < -0.39 is 0 Å². The van der Waals surface area contributed by atoms with Gasteiger partial charge in [0.2, 0.25) is 6.08 Å². The van der Waals surface area contributed by atoms with E-state index in [9.17, 15) is 9.59 Å². The first-order valence-corrected chi connectivity index (χ1v) is 5.22. The second-order valence-electron chi connectivity index (χ2n) is 3.63. The van der Waals surface area contributed by atoms with Crippen LogP contribution in [0.2, 0.25) is 0 Å². The van der Waals surface area contributed by atoms with E-state index in [0.717, 1.165) is 0 Å². The molecule has 2 aromatic rings. The summed E-state index contributed by atoms with van der Waals surface area (Å²) in [5, 5.41) is 9.14. The number of aliphatic imine (C=N–C) groups is 1. The zero-order valence-corrected chi connectivity index (χ0v) is 9.33. The van der Waals surface area contributed by atoms with Crippen molar-refractivity contribution in [2.24, 2.45) is 4.99 Å². The van der Waals surface area contributed by atoms with Gasteiger partial charge in [-0.1, -0.05) is 0 Å². The summed E-state index contributed by atoms with van der Waals surface area (Å²) in [6.07, 6.45) is 1.43. The van der Waals surface area contributed by atoms with Gasteiger partial charge in [-0.15, -0.1) is 0 Å². The Bertz CT molecular complexity index is 608. The molecule has 0 saturated heterocycles. The van der Waals surface area contributed by atoms with Crippen LogP contribution in [-0.2, 0) is 4.79 Å². The van der Waals surface area contributed by atoms with Crippen LogP contribution in [0, 0.1) is 0 Å². The van der Waals surface area contributed by atoms with E-state index in [1.807, 2.05) is 0 Å². The van der Waals surface area contributed by atoms with Crippen LogP contribution >= 0.6 is 0 Å². The van der Waals surface area contributed by atoms with Gasteiger partial charge in [-0.2, -0.15) is 4.99 Å². The highest BCUT2D eigenvalue weighted by Crippen LogP contribution is 2.17. The van der Waals surface area contributed by atoms with Crippen LogP contribution in [0.5, 0.6) is 5.75 Å². The maximum atomic E-state index is 12.0. The average Bonchev–Trinajstić information content (AvgIpc) is 2.40. The smallest absolute Gasteiger partial charge is 0.240 e. The normalized spacial score (nSPS) is 9.56. The number of benzene rings is 2. The third-order valence-corrected chi connectivity index (χ3v) is 2.43. The Balaban J connectivity index is 2.28. The maximum Gasteiger partial charge on any atom is 0.240 e. The number of isocyanates is 1. The fraction of sp³-hybridized carbons (Fsp3) is 0. The molecular formula is C14H9NO3. The second-order valence-corrected chi connectivity index (χ2v) is 3.63. The van der Waals surface area contributed by atoms with Crippen LogP contribution in [0.25, 0.3) is 0 Å². The number of hydrogen-bond donors (Lipinski definition) is 1. The zero-order chi connectivity index (χ0) is 13.0. The lowest BCUT2D eigenvalue weighted by atomic mass is 10.0. The molecule has 0 aliphatic carbocycles. The molecule has 0 aliphatic heterocycles. The molecule has 1 N–H and O–H groups in total. The fourth-order valence-corrected chi connectivity index (χ4v) is 1.52. The van der Waals surface area contributed by atoms with Gasteiger partial charge in [-0.25, -0.2) is 4.79 Å². The quantitative estimate of drug-likeness (QED) is 0.508. The molecule has 4 nitrogen and oxygen atoms in total. The summed E-state index contributed by atoms with van der Waals surface area (Å²) >= 11 is 0. The second kappa shape index (κ2) is 5.08. The lowest BCUT2D eigenvalue weighted by Crippen LogP contribution is -2.00. The molecule has 2 aromatic carbocycles. The number of hydrogen-bond acceptors (Lipinski definition) is 4. The minimum atomic E-state index is -0.156. The molecule has 0 spiro atoms. The Morgan fingerprint density at radius 1 is 0.944 bits per heavy atom. The lowest BCUT2D eigenvalue weighted by Gasteiger charge is -2.01. The van der Waals surface area contributed by atoms with Crippen molar-refractivity contribution in [3.05, 3.63) is 59.7 Å². The number of nitrogens with zero attached hydrogens (tertiary/aromatic N) is 1. The number of ketones is 1. The van der Waals surface area contributed by atoms with Crippen molar-refractivity contribution in [3.8, 4) is 5.75 Å². The van der Waals surface area contributed by atoms with E-state index in [1.165, 1.54) is 18.2 Å². The van der Waals surface area contributed by atoms with Crippen molar-refractivity contribution in [2.45, 2.75) is 0 Å². The summed E-state index contributed by atoms with van der Waals surface area (Å²) in [6.45, 7) is 0. The monoisotopic (exact) mass is 239 g/mol. The van der Waals surface area contributed by atoms with Crippen LogP contribution in [0.1, 0.15) is 15.9 Å². The van der Waals surface area contributed by atoms with Gasteiger partial charge in [0.1, 0.15) is 5.75 Å². The molecule has 0 unspecified atom stereocenters. The van der Waals surface area contributed by atoms with E-state index in [-0.39, 0.29) is 11.5 Å². The molecule has 18 heavy (non-hydrogen) atoms. The summed E-state index contributed by atoms with van der Waals surface area (Å²) in [6, 6.07) is 12.3. The SMILES string of the molecule is O=C=Nc1ccc(C(=O)c2ccc(O)cc2)cc1. The molecule has 0 amide bonds. The molecule has 0 atom stereocenters. The van der Waals surface area contributed by atoms with Crippen LogP contribution in [0.3, 0.4) is 0 Å². The molecule has 0 fully saturated rings. The van der Waals surface area contributed by atoms with Crippen molar-refractivity contribution in [1.82, 2.24) is 0 Å². The van der Waals surface area contributed by atoms with E-state index in [0.29, 0.717) is 16.8 Å². The van der Waals surface area contributed by atoms with E-state index in [4.69, 9.17) is 5.11 Å². The highest BCUT2D eigenvalue weighted by atomic mass is 16.3. The molecule has 0 saturated carbocycles. The highest BCUT2D eigenvalue weighted by molar-refractivity contribution is 6.09. The van der Waals surface area contributed by atoms with E-state index in [2.05, 4.69) is 4.99 Å². The minimum absolute atomic E-state index is 0.113. The summed E-state index contributed by atoms with van der Waals surface area (Å²) < 4.78 is 0. The predicted octanol–water partition coefficient (Wildman–Crippen LogP) is 2.59. The average molecular weight is 239 g/mol. The van der Waals surface area contributed by atoms with Crippen LogP contribution in [-0.4, -0.2) is 17.0 Å². The number of phenolic OH excluding ortho intramolecular Hbond substituents is 1. The molecular weight excluding hydrogens is 230 g/mol. The first-order valence-electron chi connectivity index (χ1n) is 5.22. The Morgan fingerprint density at radius 3 is 1.94 bits per heavy atom. The number of carbonyl (C=O) groups is 1. The number of carbonyl (C=O) groups excluding carboxylic acids is 2. The summed E-state index contributed by atoms with van der Waals surface area (Å²) in [4.78, 5) is 25.5. The molecule has 0 heterocycles. The van der Waals surface area contributed by atoms with Gasteiger partial charge >= 0.3 is 0 Å². The van der Waals surface area contributed by atoms with Gasteiger partial charge in [0, 0.05) is 11.1 Å². The third-order valence-electron chi connectivity index (χ3n) is 2.43. The Morgan fingerprint density at radius 2 is 1.44 bits per heavy atom. The Hall–Kier alpha value is -2.71. The largest absolute Gasteiger partial charge is 0.508 e. The first kappa shape index (κ1) is 11.8. The van der Waals surface area contributed by atoms with Gasteiger partial charge < -0.3 is 5.11 Å². The topological polar surface area (TPSA) is 66.7 Å². The third kappa shape index (κ3) is 2.51. The highest BCUT2D eigenvalue weighted by Gasteiger charge is 2.08. The van der Waals surface area contributed by atoms with E-state index in [1.54, 1.807) is 36.4 Å². The number of phenols is 1. The van der Waals surface area contributed by atoms with Gasteiger partial charge in [0.15, 0.2) is 5.78 Å². The van der Waals surface area contributed by atoms with Crippen LogP contribution in [0.15, 0.2) is 53.5 Å². The molecule has 0 radical (unpaired) electrons. The van der Waals surface area contributed by atoms with Gasteiger partial charge in [0.05, 0.1) is 5.69 Å². The van der Waals surface area contributed by atoms with Crippen LogP contribution < -0.4 is 0 Å². The summed E-state index contributed by atoms with van der Waals surface area (Å²) in [5.74, 6) is -0.0427. The first-order chi connectivity index (χ1) is 8.70. The minimum Gasteiger partial charge on any atom is -0.508 e. The summed E-state index contributed by atoms with van der Waals surface area (Å²) in [5.41, 5.74) is 1.43. The molecule has 0 aromatic heterocycles. The Labute approximate surface area is 103 Å². The lowest BCUT2D eigenvalue weighted by molar-refractivity contribution is 0.103. The predicted molar refractivity (Wildman–Crippen MR) is 65.8 cm³/mol. The van der Waals surface area contributed by atoms with Gasteiger partial charge in [-0.3, -0.25) is 4.79 Å². The van der Waals surface area contributed by atoms with Crippen molar-refractivity contribution in [1.29, 1.82) is 0 Å². The molecule has 88 valence electrons. The Kier molecular flexibility index (Phi) is 3.32. The molecule has 4 heteroatoms. The van der Waals surface area contributed by atoms with Crippen molar-refractivity contribution < 1.29 is 14.7 Å². The van der Waals surface area contributed by atoms with Crippen molar-refractivity contribution >= 4 is 17.6 Å². The van der Waals surface area contributed by atoms with Crippen LogP contribution in [0.4, 0.5) is 5.69 Å². The van der Waals surface area contributed by atoms with Crippen molar-refractivity contribution in [3.63, 3.8) is 0 Å². The van der Waals surface area contributed by atoms with E-state index >= 15 is 0 Å².